The smallest absolute Gasteiger partial charge is 0.410 e. The van der Waals surface area contributed by atoms with Crippen molar-refractivity contribution in [1.82, 2.24) is 4.90 Å². The number of nitro benzene ring substituents is 1. The van der Waals surface area contributed by atoms with Gasteiger partial charge in [-0.15, -0.1) is 0 Å². The number of hydrogen-bond donors (Lipinski definition) is 0. The summed E-state index contributed by atoms with van der Waals surface area (Å²) in [5.74, 6) is 0.385. The Hall–Kier alpha value is -2.57. The maximum Gasteiger partial charge on any atom is 0.410 e. The molecule has 0 radical (unpaired) electrons. The minimum absolute atomic E-state index is 0.0138. The van der Waals surface area contributed by atoms with E-state index in [0.29, 0.717) is 31.7 Å². The molecule has 0 N–H and O–H groups in total. The van der Waals surface area contributed by atoms with E-state index in [1.807, 2.05) is 33.8 Å². The monoisotopic (exact) mass is 360 g/mol. The first-order chi connectivity index (χ1) is 12.2. The van der Waals surface area contributed by atoms with Gasteiger partial charge >= 0.3 is 11.8 Å². The van der Waals surface area contributed by atoms with Crippen LogP contribution in [0, 0.1) is 10.1 Å². The lowest BCUT2D eigenvalue weighted by atomic mass is 9.92. The third kappa shape index (κ3) is 3.66. The number of benzene rings is 1. The predicted octanol–water partition coefficient (Wildman–Crippen LogP) is 3.94. The Balaban J connectivity index is 1.83. The minimum atomic E-state index is -0.520. The van der Waals surface area contributed by atoms with Crippen LogP contribution in [0.3, 0.4) is 0 Å². The summed E-state index contributed by atoms with van der Waals surface area (Å²) in [5, 5.41) is 11.2. The van der Waals surface area contributed by atoms with Crippen molar-refractivity contribution in [1.29, 1.82) is 0 Å². The SMILES string of the molecule is CC1Cc2c(C3=CCN(C(=O)OC(C)(C)C)CC3)ccc([N+](=O)[O-])c2O1. The molecule has 0 bridgehead atoms. The molecule has 0 fully saturated rings. The van der Waals surface area contributed by atoms with E-state index in [-0.39, 0.29) is 17.9 Å². The molecule has 0 aromatic heterocycles. The molecule has 0 spiro atoms. The van der Waals surface area contributed by atoms with Gasteiger partial charge in [0, 0.05) is 31.1 Å². The van der Waals surface area contributed by atoms with Crippen LogP contribution in [0.5, 0.6) is 5.75 Å². The highest BCUT2D eigenvalue weighted by Crippen LogP contribution is 2.42. The maximum atomic E-state index is 12.2. The first kappa shape index (κ1) is 18.2. The number of hydrogen-bond acceptors (Lipinski definition) is 5. The van der Waals surface area contributed by atoms with Gasteiger partial charge in [0.2, 0.25) is 5.75 Å². The third-order valence-corrected chi connectivity index (χ3v) is 4.45. The molecule has 0 saturated carbocycles. The lowest BCUT2D eigenvalue weighted by molar-refractivity contribution is -0.385. The van der Waals surface area contributed by atoms with Crippen molar-refractivity contribution in [3.63, 3.8) is 0 Å². The Morgan fingerprint density at radius 1 is 1.38 bits per heavy atom. The average Bonchev–Trinajstić information content (AvgIpc) is 2.93. The van der Waals surface area contributed by atoms with Crippen LogP contribution < -0.4 is 4.74 Å². The Morgan fingerprint density at radius 2 is 2.12 bits per heavy atom. The number of fused-ring (bicyclic) bond motifs is 1. The molecule has 0 aliphatic carbocycles. The number of ether oxygens (including phenoxy) is 2. The summed E-state index contributed by atoms with van der Waals surface area (Å²) >= 11 is 0. The van der Waals surface area contributed by atoms with Crippen molar-refractivity contribution in [3.8, 4) is 5.75 Å². The summed E-state index contributed by atoms with van der Waals surface area (Å²) in [4.78, 5) is 24.7. The summed E-state index contributed by atoms with van der Waals surface area (Å²) in [5.41, 5.74) is 2.46. The molecule has 1 amide bonds. The van der Waals surface area contributed by atoms with Gasteiger partial charge in [-0.1, -0.05) is 6.08 Å². The topological polar surface area (TPSA) is 81.9 Å². The van der Waals surface area contributed by atoms with Crippen LogP contribution in [0.1, 0.15) is 45.2 Å². The largest absolute Gasteiger partial charge is 0.483 e. The summed E-state index contributed by atoms with van der Waals surface area (Å²) in [6, 6.07) is 3.31. The normalized spacial score (nSPS) is 19.5. The van der Waals surface area contributed by atoms with Gasteiger partial charge in [-0.3, -0.25) is 10.1 Å². The number of nitro groups is 1. The molecule has 7 nitrogen and oxygen atoms in total. The summed E-state index contributed by atoms with van der Waals surface area (Å²) < 4.78 is 11.1. The maximum absolute atomic E-state index is 12.2. The van der Waals surface area contributed by atoms with Crippen LogP contribution in [0.25, 0.3) is 5.57 Å². The second-order valence-corrected chi connectivity index (χ2v) is 7.74. The molecule has 2 heterocycles. The molecule has 0 saturated heterocycles. The molecule has 2 aliphatic heterocycles. The van der Waals surface area contributed by atoms with Crippen molar-refractivity contribution in [2.24, 2.45) is 0 Å². The number of nitrogens with zero attached hydrogens (tertiary/aromatic N) is 2. The van der Waals surface area contributed by atoms with Crippen LogP contribution in [0.4, 0.5) is 10.5 Å². The van der Waals surface area contributed by atoms with E-state index >= 15 is 0 Å². The van der Waals surface area contributed by atoms with Crippen molar-refractivity contribution in [3.05, 3.63) is 39.4 Å². The fourth-order valence-electron chi connectivity index (χ4n) is 3.33. The average molecular weight is 360 g/mol. The van der Waals surface area contributed by atoms with Gasteiger partial charge in [0.15, 0.2) is 0 Å². The molecular formula is C19H24N2O5. The molecule has 26 heavy (non-hydrogen) atoms. The lowest BCUT2D eigenvalue weighted by Gasteiger charge is -2.30. The van der Waals surface area contributed by atoms with Crippen molar-refractivity contribution < 1.29 is 19.2 Å². The third-order valence-electron chi connectivity index (χ3n) is 4.45. The molecule has 1 aromatic rings. The van der Waals surface area contributed by atoms with Gasteiger partial charge in [0.05, 0.1) is 4.92 Å². The Labute approximate surface area is 152 Å². The zero-order valence-electron chi connectivity index (χ0n) is 15.6. The molecule has 1 aromatic carbocycles. The van der Waals surface area contributed by atoms with Crippen LogP contribution in [0.2, 0.25) is 0 Å². The van der Waals surface area contributed by atoms with E-state index in [9.17, 15) is 14.9 Å². The Morgan fingerprint density at radius 3 is 2.69 bits per heavy atom. The number of carbonyl (C=O) groups excluding carboxylic acids is 1. The van der Waals surface area contributed by atoms with Gasteiger partial charge in [0.1, 0.15) is 11.7 Å². The second-order valence-electron chi connectivity index (χ2n) is 7.74. The van der Waals surface area contributed by atoms with Gasteiger partial charge in [-0.25, -0.2) is 4.79 Å². The number of amides is 1. The first-order valence-electron chi connectivity index (χ1n) is 8.80. The first-order valence-corrected chi connectivity index (χ1v) is 8.80. The summed E-state index contributed by atoms with van der Waals surface area (Å²) in [6.45, 7) is 8.47. The molecule has 7 heteroatoms. The van der Waals surface area contributed by atoms with Crippen molar-refractivity contribution >= 4 is 17.4 Å². The van der Waals surface area contributed by atoms with E-state index < -0.39 is 10.5 Å². The predicted molar refractivity (Wildman–Crippen MR) is 97.3 cm³/mol. The van der Waals surface area contributed by atoms with Gasteiger partial charge in [-0.2, -0.15) is 0 Å². The summed E-state index contributed by atoms with van der Waals surface area (Å²) in [6.07, 6.45) is 2.93. The Kier molecular flexibility index (Phi) is 4.64. The lowest BCUT2D eigenvalue weighted by Crippen LogP contribution is -2.39. The quantitative estimate of drug-likeness (QED) is 0.589. The fraction of sp³-hybridized carbons (Fsp3) is 0.526. The van der Waals surface area contributed by atoms with E-state index in [2.05, 4.69) is 0 Å². The second kappa shape index (κ2) is 6.63. The van der Waals surface area contributed by atoms with E-state index in [1.54, 1.807) is 11.0 Å². The highest BCUT2D eigenvalue weighted by Gasteiger charge is 2.32. The summed E-state index contributed by atoms with van der Waals surface area (Å²) in [7, 11) is 0. The van der Waals surface area contributed by atoms with Crippen molar-refractivity contribution in [2.45, 2.75) is 52.2 Å². The number of carbonyl (C=O) groups is 1. The van der Waals surface area contributed by atoms with Crippen LogP contribution >= 0.6 is 0 Å². The van der Waals surface area contributed by atoms with Gasteiger partial charge < -0.3 is 14.4 Å². The molecule has 140 valence electrons. The number of rotatable bonds is 2. The molecule has 3 rings (SSSR count). The van der Waals surface area contributed by atoms with Crippen LogP contribution in [-0.4, -0.2) is 40.7 Å². The fourth-order valence-corrected chi connectivity index (χ4v) is 3.33. The standard InChI is InChI=1S/C19H24N2O5/c1-12-11-15-14(5-6-16(21(23)24)17(15)25-12)13-7-9-20(10-8-13)18(22)26-19(2,3)4/h5-7,12H,8-11H2,1-4H3. The van der Waals surface area contributed by atoms with Crippen LogP contribution in [-0.2, 0) is 11.2 Å². The van der Waals surface area contributed by atoms with E-state index in [4.69, 9.17) is 9.47 Å². The van der Waals surface area contributed by atoms with E-state index in [1.165, 1.54) is 6.07 Å². The van der Waals surface area contributed by atoms with E-state index in [0.717, 1.165) is 16.7 Å². The van der Waals surface area contributed by atoms with Gasteiger partial charge in [0.25, 0.3) is 0 Å². The highest BCUT2D eigenvalue weighted by molar-refractivity contribution is 5.77. The molecule has 2 aliphatic rings. The molecular weight excluding hydrogens is 336 g/mol. The highest BCUT2D eigenvalue weighted by atomic mass is 16.6. The zero-order chi connectivity index (χ0) is 19.1. The molecule has 1 atom stereocenters. The van der Waals surface area contributed by atoms with Crippen LogP contribution in [0.15, 0.2) is 18.2 Å². The Bertz CT molecular complexity index is 779. The minimum Gasteiger partial charge on any atom is -0.483 e. The van der Waals surface area contributed by atoms with Gasteiger partial charge in [-0.05, 0) is 51.3 Å². The zero-order valence-corrected chi connectivity index (χ0v) is 15.6. The van der Waals surface area contributed by atoms with Crippen molar-refractivity contribution in [2.75, 3.05) is 13.1 Å². The molecule has 1 unspecified atom stereocenters.